The van der Waals surface area contributed by atoms with E-state index >= 15 is 0 Å². The third-order valence-corrected chi connectivity index (χ3v) is 4.28. The number of nitrogens with one attached hydrogen (secondary N) is 1. The van der Waals surface area contributed by atoms with Crippen molar-refractivity contribution in [1.82, 2.24) is 9.97 Å². The monoisotopic (exact) mass is 282 g/mol. The second-order valence-electron chi connectivity index (χ2n) is 5.83. The minimum Gasteiger partial charge on any atom is -0.357 e. The van der Waals surface area contributed by atoms with E-state index in [4.69, 9.17) is 0 Å². The summed E-state index contributed by atoms with van der Waals surface area (Å²) in [4.78, 5) is 11.1. The van der Waals surface area contributed by atoms with Crippen molar-refractivity contribution in [1.29, 1.82) is 0 Å². The van der Waals surface area contributed by atoms with Gasteiger partial charge in [0.25, 0.3) is 0 Å². The largest absolute Gasteiger partial charge is 0.357 e. The number of anilines is 2. The summed E-state index contributed by atoms with van der Waals surface area (Å²) in [7, 11) is 1.85. The van der Waals surface area contributed by atoms with Gasteiger partial charge in [0, 0.05) is 31.7 Å². The van der Waals surface area contributed by atoms with E-state index in [2.05, 4.69) is 58.3 Å². The molecule has 1 aromatic carbocycles. The molecule has 4 heteroatoms. The van der Waals surface area contributed by atoms with Gasteiger partial charge in [0.15, 0.2) is 0 Å². The summed E-state index contributed by atoms with van der Waals surface area (Å²) in [6, 6.07) is 11.4. The highest BCUT2D eigenvalue weighted by Gasteiger charge is 2.30. The lowest BCUT2D eigenvalue weighted by molar-refractivity contribution is 0.696. The summed E-state index contributed by atoms with van der Waals surface area (Å²) in [5.74, 6) is 2.27. The van der Waals surface area contributed by atoms with Gasteiger partial charge in [-0.2, -0.15) is 4.98 Å². The van der Waals surface area contributed by atoms with Gasteiger partial charge in [-0.3, -0.25) is 0 Å². The Bertz CT molecular complexity index is 608. The highest BCUT2D eigenvalue weighted by Crippen LogP contribution is 2.34. The fourth-order valence-electron chi connectivity index (χ4n) is 3.06. The fraction of sp³-hybridized carbons (Fsp3) is 0.412. The number of aromatic nitrogens is 2. The van der Waals surface area contributed by atoms with Crippen molar-refractivity contribution >= 4 is 11.8 Å². The molecule has 3 rings (SSSR count). The molecule has 2 heterocycles. The number of nitrogens with zero attached hydrogens (tertiary/aromatic N) is 3. The predicted molar refractivity (Wildman–Crippen MR) is 86.9 cm³/mol. The van der Waals surface area contributed by atoms with Gasteiger partial charge in [0.1, 0.15) is 5.82 Å². The van der Waals surface area contributed by atoms with Crippen molar-refractivity contribution in [3.8, 4) is 0 Å². The Morgan fingerprint density at radius 2 is 1.95 bits per heavy atom. The van der Waals surface area contributed by atoms with E-state index in [0.717, 1.165) is 12.4 Å². The maximum atomic E-state index is 4.57. The smallest absolute Gasteiger partial charge is 0.224 e. The van der Waals surface area contributed by atoms with Crippen molar-refractivity contribution < 1.29 is 0 Å². The first-order valence-electron chi connectivity index (χ1n) is 7.51. The van der Waals surface area contributed by atoms with Crippen LogP contribution in [0.1, 0.15) is 30.4 Å². The van der Waals surface area contributed by atoms with E-state index in [1.54, 1.807) is 0 Å². The zero-order chi connectivity index (χ0) is 14.8. The number of benzene rings is 1. The molecule has 2 atom stereocenters. The SMILES string of the molecule is CNc1nccc(N2CC(c3ccc(C)cc3)CC2C)n1. The lowest BCUT2D eigenvalue weighted by atomic mass is 9.96. The summed E-state index contributed by atoms with van der Waals surface area (Å²) in [6.07, 6.45) is 2.99. The number of aryl methyl sites for hydroxylation is 1. The molecule has 1 fully saturated rings. The lowest BCUT2D eigenvalue weighted by Crippen LogP contribution is -2.27. The zero-order valence-electron chi connectivity index (χ0n) is 12.9. The van der Waals surface area contributed by atoms with Gasteiger partial charge in [0.2, 0.25) is 5.95 Å². The van der Waals surface area contributed by atoms with Crippen LogP contribution in [-0.4, -0.2) is 29.6 Å². The van der Waals surface area contributed by atoms with Gasteiger partial charge < -0.3 is 10.2 Å². The maximum Gasteiger partial charge on any atom is 0.224 e. The Labute approximate surface area is 126 Å². The molecule has 0 aliphatic carbocycles. The van der Waals surface area contributed by atoms with Crippen LogP contribution in [0.3, 0.4) is 0 Å². The van der Waals surface area contributed by atoms with Gasteiger partial charge in [-0.05, 0) is 31.9 Å². The highest BCUT2D eigenvalue weighted by atomic mass is 15.3. The minimum atomic E-state index is 0.496. The summed E-state index contributed by atoms with van der Waals surface area (Å²) >= 11 is 0. The van der Waals surface area contributed by atoms with E-state index in [0.29, 0.717) is 17.9 Å². The Morgan fingerprint density at radius 1 is 1.19 bits per heavy atom. The summed E-state index contributed by atoms with van der Waals surface area (Å²) in [6.45, 7) is 5.42. The quantitative estimate of drug-likeness (QED) is 0.938. The van der Waals surface area contributed by atoms with Crippen LogP contribution in [0, 0.1) is 6.92 Å². The van der Waals surface area contributed by atoms with Gasteiger partial charge >= 0.3 is 0 Å². The number of hydrogen-bond acceptors (Lipinski definition) is 4. The molecule has 1 N–H and O–H groups in total. The third kappa shape index (κ3) is 2.84. The van der Waals surface area contributed by atoms with Crippen LogP contribution in [0.15, 0.2) is 36.5 Å². The Kier molecular flexibility index (Phi) is 3.78. The van der Waals surface area contributed by atoms with Crippen molar-refractivity contribution in [2.24, 2.45) is 0 Å². The molecular weight excluding hydrogens is 260 g/mol. The summed E-state index contributed by atoms with van der Waals surface area (Å²) < 4.78 is 0. The van der Waals surface area contributed by atoms with Crippen LogP contribution in [0.2, 0.25) is 0 Å². The van der Waals surface area contributed by atoms with E-state index in [9.17, 15) is 0 Å². The van der Waals surface area contributed by atoms with Crippen LogP contribution in [-0.2, 0) is 0 Å². The second-order valence-corrected chi connectivity index (χ2v) is 5.83. The Morgan fingerprint density at radius 3 is 2.67 bits per heavy atom. The molecule has 1 aliphatic heterocycles. The Balaban J connectivity index is 1.80. The molecule has 2 unspecified atom stereocenters. The molecule has 0 spiro atoms. The van der Waals surface area contributed by atoms with Gasteiger partial charge in [-0.15, -0.1) is 0 Å². The Hall–Kier alpha value is -2.10. The molecular formula is C17H22N4. The van der Waals surface area contributed by atoms with Gasteiger partial charge in [-0.25, -0.2) is 4.98 Å². The van der Waals surface area contributed by atoms with Crippen LogP contribution >= 0.6 is 0 Å². The zero-order valence-corrected chi connectivity index (χ0v) is 12.9. The fourth-order valence-corrected chi connectivity index (χ4v) is 3.06. The summed E-state index contributed by atoms with van der Waals surface area (Å²) in [5, 5.41) is 3.01. The minimum absolute atomic E-state index is 0.496. The van der Waals surface area contributed by atoms with Crippen molar-refractivity contribution in [3.63, 3.8) is 0 Å². The second kappa shape index (κ2) is 5.72. The van der Waals surface area contributed by atoms with Gasteiger partial charge in [-0.1, -0.05) is 29.8 Å². The van der Waals surface area contributed by atoms with Crippen molar-refractivity contribution in [2.75, 3.05) is 23.8 Å². The standard InChI is InChI=1S/C17H22N4/c1-12-4-6-14(7-5-12)15-10-13(2)21(11-15)16-8-9-19-17(18-3)20-16/h4-9,13,15H,10-11H2,1-3H3,(H,18,19,20). The molecule has 0 bridgehead atoms. The topological polar surface area (TPSA) is 41.1 Å². The average Bonchev–Trinajstić information content (AvgIpc) is 2.90. The molecule has 1 aliphatic rings. The van der Waals surface area contributed by atoms with Crippen molar-refractivity contribution in [2.45, 2.75) is 32.2 Å². The molecule has 21 heavy (non-hydrogen) atoms. The normalized spacial score (nSPS) is 21.6. The molecule has 2 aromatic rings. The first kappa shape index (κ1) is 13.9. The first-order valence-corrected chi connectivity index (χ1v) is 7.51. The van der Waals surface area contributed by atoms with Crippen LogP contribution in [0.5, 0.6) is 0 Å². The molecule has 1 saturated heterocycles. The molecule has 1 aromatic heterocycles. The highest BCUT2D eigenvalue weighted by molar-refractivity contribution is 5.46. The van der Waals surface area contributed by atoms with Crippen LogP contribution < -0.4 is 10.2 Å². The number of rotatable bonds is 3. The number of hydrogen-bond donors (Lipinski definition) is 1. The lowest BCUT2D eigenvalue weighted by Gasteiger charge is -2.22. The van der Waals surface area contributed by atoms with E-state index < -0.39 is 0 Å². The van der Waals surface area contributed by atoms with Crippen LogP contribution in [0.4, 0.5) is 11.8 Å². The molecule has 110 valence electrons. The average molecular weight is 282 g/mol. The molecule has 0 saturated carbocycles. The first-order chi connectivity index (χ1) is 10.2. The molecule has 4 nitrogen and oxygen atoms in total. The molecule has 0 radical (unpaired) electrons. The van der Waals surface area contributed by atoms with E-state index in [1.165, 1.54) is 17.5 Å². The van der Waals surface area contributed by atoms with Crippen molar-refractivity contribution in [3.05, 3.63) is 47.7 Å². The van der Waals surface area contributed by atoms with E-state index in [1.807, 2.05) is 19.3 Å². The predicted octanol–water partition coefficient (Wildman–Crippen LogP) is 3.21. The van der Waals surface area contributed by atoms with Crippen LogP contribution in [0.25, 0.3) is 0 Å². The third-order valence-electron chi connectivity index (χ3n) is 4.28. The van der Waals surface area contributed by atoms with Gasteiger partial charge in [0.05, 0.1) is 0 Å². The molecule has 0 amide bonds. The van der Waals surface area contributed by atoms with E-state index in [-0.39, 0.29) is 0 Å². The summed E-state index contributed by atoms with van der Waals surface area (Å²) in [5.41, 5.74) is 2.74. The maximum absolute atomic E-state index is 4.57.